The highest BCUT2D eigenvalue weighted by atomic mass is 16.2. The largest absolute Gasteiger partial charge is 0.334 e. The molecule has 126 valence electrons. The Kier molecular flexibility index (Phi) is 4.06. The minimum atomic E-state index is 0.0330. The number of aromatic amines is 1. The molecule has 0 saturated carbocycles. The maximum absolute atomic E-state index is 12.6. The topological polar surface area (TPSA) is 65.1 Å². The van der Waals surface area contributed by atoms with Crippen molar-refractivity contribution in [1.82, 2.24) is 25.0 Å². The minimum Gasteiger partial charge on any atom is -0.334 e. The number of H-pyrrole nitrogens is 1. The number of carbonyl (C=O) groups is 1. The zero-order valence-electron chi connectivity index (χ0n) is 14.0. The molecule has 1 N–H and O–H groups in total. The second kappa shape index (κ2) is 6.36. The van der Waals surface area contributed by atoms with Crippen LogP contribution in [0.3, 0.4) is 0 Å². The van der Waals surface area contributed by atoms with Crippen LogP contribution in [0, 0.1) is 0 Å². The molecule has 2 aliphatic heterocycles. The summed E-state index contributed by atoms with van der Waals surface area (Å²) in [5, 5.41) is 7.09. The summed E-state index contributed by atoms with van der Waals surface area (Å²) in [5.74, 6) is 0.0330. The molecule has 6 nitrogen and oxygen atoms in total. The van der Waals surface area contributed by atoms with Crippen LogP contribution in [0.1, 0.15) is 36.7 Å². The molecule has 4 heterocycles. The van der Waals surface area contributed by atoms with Crippen LogP contribution in [0.15, 0.2) is 30.5 Å². The van der Waals surface area contributed by atoms with Crippen molar-refractivity contribution in [3.05, 3.63) is 36.2 Å². The van der Waals surface area contributed by atoms with Crippen LogP contribution in [-0.2, 0) is 0 Å². The van der Waals surface area contributed by atoms with Gasteiger partial charge in [-0.3, -0.25) is 19.8 Å². The van der Waals surface area contributed by atoms with E-state index in [1.54, 1.807) is 12.3 Å². The van der Waals surface area contributed by atoms with Crippen LogP contribution >= 0.6 is 0 Å². The molecule has 1 atom stereocenters. The van der Waals surface area contributed by atoms with Crippen LogP contribution in [0.4, 0.5) is 0 Å². The summed E-state index contributed by atoms with van der Waals surface area (Å²) in [5.41, 5.74) is 2.03. The summed E-state index contributed by atoms with van der Waals surface area (Å²) < 4.78 is 0. The SMILES string of the molecule is CC1CCCCN1C1CN(C(=O)c2cc(-c3ccccn3)n[nH]2)C1. The number of nitrogens with zero attached hydrogens (tertiary/aromatic N) is 4. The first-order valence-electron chi connectivity index (χ1n) is 8.74. The normalized spacial score (nSPS) is 22.4. The van der Waals surface area contributed by atoms with E-state index in [0.717, 1.165) is 18.8 Å². The van der Waals surface area contributed by atoms with Crippen molar-refractivity contribution >= 4 is 5.91 Å². The number of rotatable bonds is 3. The molecular formula is C18H23N5O. The lowest BCUT2D eigenvalue weighted by molar-refractivity contribution is 0.00181. The Morgan fingerprint density at radius 2 is 2.12 bits per heavy atom. The number of carbonyl (C=O) groups excluding carboxylic acids is 1. The van der Waals surface area contributed by atoms with Gasteiger partial charge in [0.15, 0.2) is 0 Å². The summed E-state index contributed by atoms with van der Waals surface area (Å²) in [6.07, 6.45) is 5.62. The Balaban J connectivity index is 1.38. The van der Waals surface area contributed by atoms with Crippen molar-refractivity contribution in [3.8, 4) is 11.4 Å². The Labute approximate surface area is 141 Å². The average Bonchev–Trinajstić information content (AvgIpc) is 3.06. The van der Waals surface area contributed by atoms with Gasteiger partial charge in [-0.2, -0.15) is 5.10 Å². The third kappa shape index (κ3) is 2.82. The Hall–Kier alpha value is -2.21. The second-order valence-corrected chi connectivity index (χ2v) is 6.83. The van der Waals surface area contributed by atoms with Gasteiger partial charge < -0.3 is 4.90 Å². The summed E-state index contributed by atoms with van der Waals surface area (Å²) >= 11 is 0. The molecule has 0 aromatic carbocycles. The van der Waals surface area contributed by atoms with Gasteiger partial charge >= 0.3 is 0 Å². The van der Waals surface area contributed by atoms with Crippen LogP contribution < -0.4 is 0 Å². The lowest BCUT2D eigenvalue weighted by Crippen LogP contribution is -2.63. The fourth-order valence-electron chi connectivity index (χ4n) is 3.74. The molecule has 4 rings (SSSR count). The maximum atomic E-state index is 12.6. The van der Waals surface area contributed by atoms with E-state index in [1.807, 2.05) is 23.1 Å². The van der Waals surface area contributed by atoms with Crippen molar-refractivity contribution in [2.75, 3.05) is 19.6 Å². The molecule has 2 aromatic heterocycles. The van der Waals surface area contributed by atoms with E-state index in [2.05, 4.69) is 27.0 Å². The highest BCUT2D eigenvalue weighted by Crippen LogP contribution is 2.25. The number of pyridine rings is 1. The average molecular weight is 325 g/mol. The molecule has 2 fully saturated rings. The van der Waals surface area contributed by atoms with E-state index >= 15 is 0 Å². The van der Waals surface area contributed by atoms with E-state index in [4.69, 9.17) is 0 Å². The van der Waals surface area contributed by atoms with E-state index in [-0.39, 0.29) is 5.91 Å². The summed E-state index contributed by atoms with van der Waals surface area (Å²) in [6, 6.07) is 8.62. The van der Waals surface area contributed by atoms with Gasteiger partial charge in [0.05, 0.1) is 5.69 Å². The number of aromatic nitrogens is 3. The monoisotopic (exact) mass is 325 g/mol. The standard InChI is InChI=1S/C18H23N5O/c1-13-6-3-5-9-23(13)14-11-22(12-14)18(24)17-10-16(20-21-17)15-7-2-4-8-19-15/h2,4,7-8,10,13-14H,3,5-6,9,11-12H2,1H3,(H,20,21). The predicted octanol–water partition coefficient (Wildman–Crippen LogP) is 2.17. The van der Waals surface area contributed by atoms with Crippen molar-refractivity contribution in [2.24, 2.45) is 0 Å². The van der Waals surface area contributed by atoms with E-state index in [9.17, 15) is 4.79 Å². The van der Waals surface area contributed by atoms with E-state index < -0.39 is 0 Å². The molecule has 1 unspecified atom stereocenters. The number of hydrogen-bond acceptors (Lipinski definition) is 4. The quantitative estimate of drug-likeness (QED) is 0.939. The van der Waals surface area contributed by atoms with E-state index in [1.165, 1.54) is 25.8 Å². The van der Waals surface area contributed by atoms with Gasteiger partial charge in [-0.25, -0.2) is 0 Å². The Morgan fingerprint density at radius 1 is 1.25 bits per heavy atom. The minimum absolute atomic E-state index is 0.0330. The first kappa shape index (κ1) is 15.3. The number of piperidine rings is 1. The van der Waals surface area contributed by atoms with E-state index in [0.29, 0.717) is 23.5 Å². The molecule has 2 aromatic rings. The zero-order chi connectivity index (χ0) is 16.5. The lowest BCUT2D eigenvalue weighted by atomic mass is 9.97. The number of amides is 1. The van der Waals surface area contributed by atoms with Gasteiger partial charge in [0.25, 0.3) is 5.91 Å². The maximum Gasteiger partial charge on any atom is 0.271 e. The first-order chi connectivity index (χ1) is 11.7. The summed E-state index contributed by atoms with van der Waals surface area (Å²) in [4.78, 5) is 21.3. The molecule has 2 aliphatic rings. The van der Waals surface area contributed by atoms with Gasteiger partial charge in [-0.1, -0.05) is 12.5 Å². The van der Waals surface area contributed by atoms with Crippen molar-refractivity contribution < 1.29 is 4.79 Å². The summed E-state index contributed by atoms with van der Waals surface area (Å²) in [6.45, 7) is 5.11. The van der Waals surface area contributed by atoms with Crippen molar-refractivity contribution in [2.45, 2.75) is 38.3 Å². The van der Waals surface area contributed by atoms with Crippen molar-refractivity contribution in [1.29, 1.82) is 0 Å². The molecule has 6 heteroatoms. The Bertz CT molecular complexity index is 707. The molecule has 24 heavy (non-hydrogen) atoms. The molecule has 0 bridgehead atoms. The van der Waals surface area contributed by atoms with Crippen LogP contribution in [-0.4, -0.2) is 62.6 Å². The molecule has 0 spiro atoms. The van der Waals surface area contributed by atoms with Crippen LogP contribution in [0.25, 0.3) is 11.4 Å². The van der Waals surface area contributed by atoms with Gasteiger partial charge in [-0.15, -0.1) is 0 Å². The first-order valence-corrected chi connectivity index (χ1v) is 8.74. The van der Waals surface area contributed by atoms with Gasteiger partial charge in [0.2, 0.25) is 0 Å². The predicted molar refractivity (Wildman–Crippen MR) is 91.5 cm³/mol. The summed E-state index contributed by atoms with van der Waals surface area (Å²) in [7, 11) is 0. The molecule has 0 aliphatic carbocycles. The zero-order valence-corrected chi connectivity index (χ0v) is 14.0. The van der Waals surface area contributed by atoms with Crippen LogP contribution in [0.2, 0.25) is 0 Å². The van der Waals surface area contributed by atoms with Gasteiger partial charge in [0, 0.05) is 31.4 Å². The molecular weight excluding hydrogens is 302 g/mol. The second-order valence-electron chi connectivity index (χ2n) is 6.83. The third-order valence-corrected chi connectivity index (χ3v) is 5.21. The molecule has 0 radical (unpaired) electrons. The number of nitrogens with one attached hydrogen (secondary N) is 1. The fraction of sp³-hybridized carbons (Fsp3) is 0.500. The lowest BCUT2D eigenvalue weighted by Gasteiger charge is -2.49. The molecule has 1 amide bonds. The van der Waals surface area contributed by atoms with Gasteiger partial charge in [-0.05, 0) is 44.5 Å². The van der Waals surface area contributed by atoms with Gasteiger partial charge in [0.1, 0.15) is 11.4 Å². The number of likely N-dealkylation sites (tertiary alicyclic amines) is 2. The van der Waals surface area contributed by atoms with Crippen molar-refractivity contribution in [3.63, 3.8) is 0 Å². The Morgan fingerprint density at radius 3 is 2.88 bits per heavy atom. The highest BCUT2D eigenvalue weighted by molar-refractivity contribution is 5.93. The third-order valence-electron chi connectivity index (χ3n) is 5.21. The number of hydrogen-bond donors (Lipinski definition) is 1. The van der Waals surface area contributed by atoms with Crippen LogP contribution in [0.5, 0.6) is 0 Å². The molecule has 2 saturated heterocycles. The fourth-order valence-corrected chi connectivity index (χ4v) is 3.74. The highest BCUT2D eigenvalue weighted by Gasteiger charge is 2.38. The smallest absolute Gasteiger partial charge is 0.271 e.